The van der Waals surface area contributed by atoms with Gasteiger partial charge in [0.1, 0.15) is 0 Å². The molecular formula is C12H14ClN3. The summed E-state index contributed by atoms with van der Waals surface area (Å²) in [6, 6.07) is 2.01. The summed E-state index contributed by atoms with van der Waals surface area (Å²) in [5.74, 6) is 0.471. The number of rotatable bonds is 2. The Morgan fingerprint density at radius 1 is 1.25 bits per heavy atom. The first-order valence-electron chi connectivity index (χ1n) is 5.16. The summed E-state index contributed by atoms with van der Waals surface area (Å²) in [6.07, 6.45) is 3.57. The van der Waals surface area contributed by atoms with Crippen LogP contribution in [-0.2, 0) is 5.88 Å². The molecule has 0 N–H and O–H groups in total. The molecule has 0 fully saturated rings. The number of nitrogens with zero attached hydrogens (tertiary/aromatic N) is 3. The molecule has 0 aromatic carbocycles. The maximum Gasteiger partial charge on any atom is 0.0835 e. The molecule has 0 saturated heterocycles. The molecule has 3 nitrogen and oxygen atoms in total. The van der Waals surface area contributed by atoms with E-state index < -0.39 is 0 Å². The molecule has 4 heteroatoms. The summed E-state index contributed by atoms with van der Waals surface area (Å²) in [5.41, 5.74) is 5.38. The second-order valence-corrected chi connectivity index (χ2v) is 4.16. The van der Waals surface area contributed by atoms with Gasteiger partial charge in [-0.1, -0.05) is 0 Å². The van der Waals surface area contributed by atoms with E-state index in [9.17, 15) is 0 Å². The maximum atomic E-state index is 5.79. The fraction of sp³-hybridized carbons (Fsp3) is 0.333. The number of hydrogen-bond acceptors (Lipinski definition) is 2. The fourth-order valence-corrected chi connectivity index (χ4v) is 1.78. The lowest BCUT2D eigenvalue weighted by atomic mass is 10.2. The molecule has 0 radical (unpaired) electrons. The summed E-state index contributed by atoms with van der Waals surface area (Å²) in [7, 11) is 0. The summed E-state index contributed by atoms with van der Waals surface area (Å²) in [5, 5.41) is 4.49. The average Bonchev–Trinajstić information content (AvgIpc) is 2.57. The summed E-state index contributed by atoms with van der Waals surface area (Å²) in [4.78, 5) is 4.17. The van der Waals surface area contributed by atoms with Gasteiger partial charge in [-0.05, 0) is 38.0 Å². The smallest absolute Gasteiger partial charge is 0.0835 e. The van der Waals surface area contributed by atoms with Crippen LogP contribution in [0.15, 0.2) is 18.5 Å². The number of aromatic nitrogens is 3. The maximum absolute atomic E-state index is 5.79. The Bertz CT molecular complexity index is 517. The van der Waals surface area contributed by atoms with Crippen LogP contribution in [0.4, 0.5) is 0 Å². The Morgan fingerprint density at radius 3 is 2.56 bits per heavy atom. The molecule has 0 aliphatic rings. The zero-order valence-corrected chi connectivity index (χ0v) is 10.4. The number of aryl methyl sites for hydroxylation is 1. The SMILES string of the molecule is Cc1nn(-c2cncc(CCl)c2)c(C)c1C. The van der Waals surface area contributed by atoms with E-state index in [-0.39, 0.29) is 0 Å². The van der Waals surface area contributed by atoms with Gasteiger partial charge in [-0.3, -0.25) is 4.98 Å². The molecule has 0 saturated carbocycles. The predicted molar refractivity (Wildman–Crippen MR) is 65.1 cm³/mol. The molecule has 0 amide bonds. The van der Waals surface area contributed by atoms with Crippen molar-refractivity contribution in [3.63, 3.8) is 0 Å². The van der Waals surface area contributed by atoms with Crippen molar-refractivity contribution in [2.24, 2.45) is 0 Å². The van der Waals surface area contributed by atoms with Crippen molar-refractivity contribution in [1.82, 2.24) is 14.8 Å². The summed E-state index contributed by atoms with van der Waals surface area (Å²) >= 11 is 5.79. The van der Waals surface area contributed by atoms with Crippen LogP contribution in [-0.4, -0.2) is 14.8 Å². The minimum absolute atomic E-state index is 0.471. The third-order valence-electron chi connectivity index (χ3n) is 2.83. The Hall–Kier alpha value is -1.35. The van der Waals surface area contributed by atoms with E-state index in [2.05, 4.69) is 23.9 Å². The van der Waals surface area contributed by atoms with Gasteiger partial charge >= 0.3 is 0 Å². The van der Waals surface area contributed by atoms with Gasteiger partial charge in [-0.25, -0.2) is 4.68 Å². The van der Waals surface area contributed by atoms with E-state index in [1.54, 1.807) is 12.4 Å². The second kappa shape index (κ2) is 4.26. The van der Waals surface area contributed by atoms with E-state index in [1.165, 1.54) is 5.56 Å². The first-order valence-corrected chi connectivity index (χ1v) is 5.70. The van der Waals surface area contributed by atoms with Gasteiger partial charge in [0.2, 0.25) is 0 Å². The summed E-state index contributed by atoms with van der Waals surface area (Å²) < 4.78 is 1.91. The quantitative estimate of drug-likeness (QED) is 0.750. The molecule has 2 heterocycles. The van der Waals surface area contributed by atoms with Gasteiger partial charge in [0.25, 0.3) is 0 Å². The van der Waals surface area contributed by atoms with Gasteiger partial charge < -0.3 is 0 Å². The highest BCUT2D eigenvalue weighted by atomic mass is 35.5. The number of pyridine rings is 1. The Balaban J connectivity index is 2.54. The van der Waals surface area contributed by atoms with Crippen LogP contribution in [0.3, 0.4) is 0 Å². The van der Waals surface area contributed by atoms with Gasteiger partial charge in [-0.2, -0.15) is 5.10 Å². The minimum Gasteiger partial charge on any atom is -0.262 e. The molecule has 2 aromatic rings. The number of alkyl halides is 1. The molecule has 0 aliphatic carbocycles. The van der Waals surface area contributed by atoms with Crippen molar-refractivity contribution in [3.8, 4) is 5.69 Å². The molecule has 0 aliphatic heterocycles. The van der Waals surface area contributed by atoms with Crippen molar-refractivity contribution in [2.45, 2.75) is 26.7 Å². The molecule has 2 aromatic heterocycles. The second-order valence-electron chi connectivity index (χ2n) is 3.89. The fourth-order valence-electron chi connectivity index (χ4n) is 1.63. The molecule has 16 heavy (non-hydrogen) atoms. The normalized spacial score (nSPS) is 10.8. The lowest BCUT2D eigenvalue weighted by Gasteiger charge is -2.05. The van der Waals surface area contributed by atoms with Crippen LogP contribution in [0.2, 0.25) is 0 Å². The topological polar surface area (TPSA) is 30.7 Å². The predicted octanol–water partition coefficient (Wildman–Crippen LogP) is 2.93. The van der Waals surface area contributed by atoms with E-state index in [4.69, 9.17) is 11.6 Å². The standard InChI is InChI=1S/C12H14ClN3/c1-8-9(2)15-16(10(8)3)12-4-11(5-13)6-14-7-12/h4,6-7H,5H2,1-3H3. The van der Waals surface area contributed by atoms with Crippen LogP contribution >= 0.6 is 11.6 Å². The Labute approximate surface area is 100 Å². The third-order valence-corrected chi connectivity index (χ3v) is 3.14. The van der Waals surface area contributed by atoms with Crippen LogP contribution in [0.1, 0.15) is 22.5 Å². The van der Waals surface area contributed by atoms with Crippen molar-refractivity contribution in [2.75, 3.05) is 0 Å². The molecule has 0 atom stereocenters. The van der Waals surface area contributed by atoms with E-state index in [0.717, 1.165) is 22.6 Å². The average molecular weight is 236 g/mol. The molecule has 2 rings (SSSR count). The Morgan fingerprint density at radius 2 is 2.00 bits per heavy atom. The van der Waals surface area contributed by atoms with E-state index in [0.29, 0.717) is 5.88 Å². The first kappa shape index (κ1) is 11.1. The van der Waals surface area contributed by atoms with E-state index in [1.807, 2.05) is 17.7 Å². The van der Waals surface area contributed by atoms with Gasteiger partial charge in [0, 0.05) is 17.8 Å². The van der Waals surface area contributed by atoms with Gasteiger partial charge in [-0.15, -0.1) is 11.6 Å². The van der Waals surface area contributed by atoms with Crippen molar-refractivity contribution in [3.05, 3.63) is 41.0 Å². The molecular weight excluding hydrogens is 222 g/mol. The molecule has 0 bridgehead atoms. The van der Waals surface area contributed by atoms with Crippen molar-refractivity contribution < 1.29 is 0 Å². The number of hydrogen-bond donors (Lipinski definition) is 0. The molecule has 0 unspecified atom stereocenters. The molecule has 84 valence electrons. The Kier molecular flexibility index (Phi) is 2.97. The molecule has 0 spiro atoms. The highest BCUT2D eigenvalue weighted by Gasteiger charge is 2.09. The van der Waals surface area contributed by atoms with Crippen LogP contribution in [0.5, 0.6) is 0 Å². The van der Waals surface area contributed by atoms with Crippen LogP contribution < -0.4 is 0 Å². The first-order chi connectivity index (χ1) is 7.63. The third kappa shape index (κ3) is 1.83. The largest absolute Gasteiger partial charge is 0.262 e. The summed E-state index contributed by atoms with van der Waals surface area (Å²) in [6.45, 7) is 6.15. The highest BCUT2D eigenvalue weighted by Crippen LogP contribution is 2.17. The minimum atomic E-state index is 0.471. The monoisotopic (exact) mass is 235 g/mol. The zero-order valence-electron chi connectivity index (χ0n) is 9.66. The highest BCUT2D eigenvalue weighted by molar-refractivity contribution is 6.17. The lowest BCUT2D eigenvalue weighted by molar-refractivity contribution is 0.826. The van der Waals surface area contributed by atoms with E-state index >= 15 is 0 Å². The van der Waals surface area contributed by atoms with Crippen molar-refractivity contribution in [1.29, 1.82) is 0 Å². The van der Waals surface area contributed by atoms with Gasteiger partial charge in [0.05, 0.1) is 17.6 Å². The zero-order chi connectivity index (χ0) is 11.7. The number of halogens is 1. The lowest BCUT2D eigenvalue weighted by Crippen LogP contribution is -2.00. The van der Waals surface area contributed by atoms with Gasteiger partial charge in [0.15, 0.2) is 0 Å². The van der Waals surface area contributed by atoms with Crippen LogP contribution in [0.25, 0.3) is 5.69 Å². The van der Waals surface area contributed by atoms with Crippen molar-refractivity contribution >= 4 is 11.6 Å². The van der Waals surface area contributed by atoms with Crippen LogP contribution in [0, 0.1) is 20.8 Å².